The van der Waals surface area contributed by atoms with Crippen LogP contribution >= 0.6 is 0 Å². The van der Waals surface area contributed by atoms with Crippen molar-refractivity contribution in [2.75, 3.05) is 0 Å². The Morgan fingerprint density at radius 3 is 2.42 bits per heavy atom. The van der Waals surface area contributed by atoms with Gasteiger partial charge in [-0.05, 0) is 44.2 Å². The van der Waals surface area contributed by atoms with E-state index in [1.807, 2.05) is 13.8 Å². The van der Waals surface area contributed by atoms with Gasteiger partial charge in [-0.2, -0.15) is 10.1 Å². The second-order valence-corrected chi connectivity index (χ2v) is 5.30. The summed E-state index contributed by atoms with van der Waals surface area (Å²) in [7, 11) is 0. The lowest BCUT2D eigenvalue weighted by molar-refractivity contribution is 0.0937. The van der Waals surface area contributed by atoms with E-state index in [1.165, 1.54) is 0 Å². The third kappa shape index (κ3) is 4.57. The van der Waals surface area contributed by atoms with Gasteiger partial charge < -0.3 is 22.5 Å². The van der Waals surface area contributed by atoms with Gasteiger partial charge in [0, 0.05) is 12.2 Å². The van der Waals surface area contributed by atoms with Gasteiger partial charge in [-0.15, -0.1) is 0 Å². The van der Waals surface area contributed by atoms with Crippen molar-refractivity contribution in [1.29, 1.82) is 0 Å². The molecule has 1 amide bonds. The number of hydrogen-bond donors (Lipinski definition) is 4. The molecule has 9 nitrogen and oxygen atoms in total. The number of nitrogens with zero attached hydrogens (tertiary/aromatic N) is 4. The van der Waals surface area contributed by atoms with Gasteiger partial charge in [0.05, 0.1) is 11.4 Å². The first-order chi connectivity index (χ1) is 11.3. The maximum Gasteiger partial charge on any atom is 0.271 e. The largest absolute Gasteiger partial charge is 0.370 e. The van der Waals surface area contributed by atoms with Crippen LogP contribution in [0.1, 0.15) is 24.3 Å². The Labute approximate surface area is 139 Å². The fourth-order valence-corrected chi connectivity index (χ4v) is 1.89. The predicted molar refractivity (Wildman–Crippen MR) is 93.3 cm³/mol. The van der Waals surface area contributed by atoms with E-state index in [4.69, 9.17) is 17.2 Å². The van der Waals surface area contributed by atoms with Crippen molar-refractivity contribution in [2.24, 2.45) is 27.2 Å². The van der Waals surface area contributed by atoms with Crippen LogP contribution in [0.2, 0.25) is 0 Å². The van der Waals surface area contributed by atoms with Gasteiger partial charge >= 0.3 is 0 Å². The number of aliphatic imine (C=N–C) groups is 2. The van der Waals surface area contributed by atoms with Crippen LogP contribution in [-0.4, -0.2) is 33.6 Å². The van der Waals surface area contributed by atoms with Crippen molar-refractivity contribution in [3.8, 4) is 5.69 Å². The molecule has 0 fully saturated rings. The zero-order chi connectivity index (χ0) is 17.7. The monoisotopic (exact) mass is 328 g/mol. The summed E-state index contributed by atoms with van der Waals surface area (Å²) in [6.07, 6.45) is 1.71. The molecule has 0 unspecified atom stereocenters. The second-order valence-electron chi connectivity index (χ2n) is 5.30. The molecule has 0 aliphatic heterocycles. The molecule has 2 aromatic rings. The molecule has 1 heterocycles. The summed E-state index contributed by atoms with van der Waals surface area (Å²) < 4.78 is 1.60. The lowest BCUT2D eigenvalue weighted by atomic mass is 10.3. The van der Waals surface area contributed by atoms with E-state index in [0.29, 0.717) is 11.4 Å². The maximum atomic E-state index is 11.9. The summed E-state index contributed by atoms with van der Waals surface area (Å²) in [5, 5.41) is 7.04. The lowest BCUT2D eigenvalue weighted by Crippen LogP contribution is -2.30. The predicted octanol–water partition coefficient (Wildman–Crippen LogP) is 0.230. The molecule has 7 N–H and O–H groups in total. The standard InChI is InChI=1S/C15H20N8O/c1-9(2)19-13(24)12-7-8-23(22-12)11-5-3-10(4-6-11)20-15(18)21-14(16)17/h3-9H,1-2H3,(H,19,24)(H6,16,17,18,20,21). The fourth-order valence-electron chi connectivity index (χ4n) is 1.89. The minimum atomic E-state index is -0.213. The van der Waals surface area contributed by atoms with Gasteiger partial charge in [0.25, 0.3) is 5.91 Å². The quantitative estimate of drug-likeness (QED) is 0.468. The number of hydrogen-bond acceptors (Lipinski definition) is 3. The molecule has 0 aliphatic rings. The average molecular weight is 328 g/mol. The van der Waals surface area contributed by atoms with Crippen LogP contribution in [0.5, 0.6) is 0 Å². The van der Waals surface area contributed by atoms with Crippen molar-refractivity contribution >= 4 is 23.5 Å². The molecule has 1 aromatic heterocycles. The van der Waals surface area contributed by atoms with Gasteiger partial charge in [0.2, 0.25) is 5.96 Å². The van der Waals surface area contributed by atoms with Crippen LogP contribution < -0.4 is 22.5 Å². The van der Waals surface area contributed by atoms with Gasteiger partial charge in [0.15, 0.2) is 11.7 Å². The normalized spacial score (nSPS) is 11.4. The van der Waals surface area contributed by atoms with E-state index < -0.39 is 0 Å². The number of carbonyl (C=O) groups is 1. The smallest absolute Gasteiger partial charge is 0.271 e. The molecule has 126 valence electrons. The topological polar surface area (TPSA) is 150 Å². The molecule has 0 bridgehead atoms. The molecule has 0 radical (unpaired) electrons. The van der Waals surface area contributed by atoms with Crippen LogP contribution in [0.15, 0.2) is 46.5 Å². The average Bonchev–Trinajstić information content (AvgIpc) is 2.96. The number of benzene rings is 1. The van der Waals surface area contributed by atoms with Crippen molar-refractivity contribution in [1.82, 2.24) is 15.1 Å². The SMILES string of the molecule is CC(C)NC(=O)c1ccn(-c2ccc(N=C(N)N=C(N)N)cc2)n1. The van der Waals surface area contributed by atoms with E-state index in [-0.39, 0.29) is 23.9 Å². The van der Waals surface area contributed by atoms with Gasteiger partial charge in [-0.1, -0.05) is 0 Å². The first-order valence-corrected chi connectivity index (χ1v) is 7.26. The number of guanidine groups is 2. The molecular formula is C15H20N8O. The summed E-state index contributed by atoms with van der Waals surface area (Å²) in [5.74, 6) is -0.402. The fraction of sp³-hybridized carbons (Fsp3) is 0.200. The van der Waals surface area contributed by atoms with Crippen molar-refractivity contribution in [2.45, 2.75) is 19.9 Å². The molecular weight excluding hydrogens is 308 g/mol. The first kappa shape index (κ1) is 17.0. The minimum absolute atomic E-state index is 0.0329. The van der Waals surface area contributed by atoms with Crippen LogP contribution in [-0.2, 0) is 0 Å². The van der Waals surface area contributed by atoms with E-state index >= 15 is 0 Å². The van der Waals surface area contributed by atoms with Crippen LogP contribution in [0.25, 0.3) is 5.69 Å². The van der Waals surface area contributed by atoms with Crippen molar-refractivity contribution in [3.63, 3.8) is 0 Å². The van der Waals surface area contributed by atoms with Crippen LogP contribution in [0.4, 0.5) is 5.69 Å². The second kappa shape index (κ2) is 7.27. The summed E-state index contributed by atoms with van der Waals surface area (Å²) >= 11 is 0. The minimum Gasteiger partial charge on any atom is -0.370 e. The summed E-state index contributed by atoms with van der Waals surface area (Å²) in [6.45, 7) is 3.78. The van der Waals surface area contributed by atoms with Gasteiger partial charge in [-0.25, -0.2) is 9.67 Å². The molecule has 0 spiro atoms. The third-order valence-corrected chi connectivity index (χ3v) is 2.84. The zero-order valence-corrected chi connectivity index (χ0v) is 13.5. The number of rotatable bonds is 4. The molecule has 0 atom stereocenters. The Morgan fingerprint density at radius 1 is 1.17 bits per heavy atom. The Balaban J connectivity index is 2.16. The van der Waals surface area contributed by atoms with Gasteiger partial charge in [-0.3, -0.25) is 4.79 Å². The highest BCUT2D eigenvalue weighted by Crippen LogP contribution is 2.16. The first-order valence-electron chi connectivity index (χ1n) is 7.26. The highest BCUT2D eigenvalue weighted by Gasteiger charge is 2.10. The number of nitrogens with one attached hydrogen (secondary N) is 1. The third-order valence-electron chi connectivity index (χ3n) is 2.84. The molecule has 2 rings (SSSR count). The van der Waals surface area contributed by atoms with E-state index in [2.05, 4.69) is 20.4 Å². The van der Waals surface area contributed by atoms with Crippen molar-refractivity contribution < 1.29 is 4.79 Å². The Kier molecular flexibility index (Phi) is 5.15. The molecule has 1 aromatic carbocycles. The zero-order valence-electron chi connectivity index (χ0n) is 13.5. The van der Waals surface area contributed by atoms with Crippen LogP contribution in [0, 0.1) is 0 Å². The van der Waals surface area contributed by atoms with E-state index in [0.717, 1.165) is 5.69 Å². The number of amides is 1. The lowest BCUT2D eigenvalue weighted by Gasteiger charge is -2.06. The molecule has 0 aliphatic carbocycles. The van der Waals surface area contributed by atoms with Crippen molar-refractivity contribution in [3.05, 3.63) is 42.2 Å². The van der Waals surface area contributed by atoms with Crippen LogP contribution in [0.3, 0.4) is 0 Å². The highest BCUT2D eigenvalue weighted by atomic mass is 16.2. The highest BCUT2D eigenvalue weighted by molar-refractivity contribution is 5.93. The summed E-state index contributed by atoms with van der Waals surface area (Å²) in [4.78, 5) is 19.6. The maximum absolute atomic E-state index is 11.9. The number of carbonyl (C=O) groups excluding carboxylic acids is 1. The molecule has 24 heavy (non-hydrogen) atoms. The Bertz CT molecular complexity index is 769. The number of nitrogens with two attached hydrogens (primary N) is 3. The summed E-state index contributed by atoms with van der Waals surface area (Å²) in [6, 6.07) is 8.76. The van der Waals surface area contributed by atoms with Gasteiger partial charge in [0.1, 0.15) is 0 Å². The number of aromatic nitrogens is 2. The Morgan fingerprint density at radius 2 is 1.83 bits per heavy atom. The Hall–Kier alpha value is -3.36. The van der Waals surface area contributed by atoms with E-state index in [9.17, 15) is 4.79 Å². The summed E-state index contributed by atoms with van der Waals surface area (Å²) in [5.41, 5.74) is 17.7. The molecule has 0 saturated carbocycles. The molecule has 0 saturated heterocycles. The molecule has 9 heteroatoms. The van der Waals surface area contributed by atoms with E-state index in [1.54, 1.807) is 41.2 Å².